The van der Waals surface area contributed by atoms with E-state index in [4.69, 9.17) is 21.1 Å². The maximum absolute atomic E-state index is 5.55. The first kappa shape index (κ1) is 6.80. The summed E-state index contributed by atoms with van der Waals surface area (Å²) in [6, 6.07) is 7.53. The Bertz CT molecular complexity index is 237. The molecular weight excluding hydrogens is 164 g/mol. The third kappa shape index (κ3) is 1.14. The van der Waals surface area contributed by atoms with Gasteiger partial charge in [0.25, 0.3) is 6.29 Å². The zero-order valence-corrected chi connectivity index (χ0v) is 6.54. The van der Waals surface area contributed by atoms with Crippen LogP contribution in [0.5, 0.6) is 11.5 Å². The number of ether oxygens (including phenoxy) is 2. The van der Waals surface area contributed by atoms with Crippen molar-refractivity contribution in [3.63, 3.8) is 0 Å². The van der Waals surface area contributed by atoms with E-state index in [1.165, 1.54) is 0 Å². The Morgan fingerprint density at radius 1 is 1.18 bits per heavy atom. The van der Waals surface area contributed by atoms with Crippen LogP contribution >= 0.6 is 11.6 Å². The lowest BCUT2D eigenvalue weighted by molar-refractivity contribution is 0.0711. The highest BCUT2D eigenvalue weighted by atomic mass is 35.5. The number of benzene rings is 1. The van der Waals surface area contributed by atoms with Gasteiger partial charge >= 0.3 is 0 Å². The molecule has 2 nitrogen and oxygen atoms in total. The van der Waals surface area contributed by atoms with Gasteiger partial charge in [0.05, 0.1) is 5.88 Å². The van der Waals surface area contributed by atoms with E-state index in [2.05, 4.69) is 0 Å². The van der Waals surface area contributed by atoms with Crippen molar-refractivity contribution < 1.29 is 9.47 Å². The van der Waals surface area contributed by atoms with Gasteiger partial charge in [-0.2, -0.15) is 0 Å². The van der Waals surface area contributed by atoms with Crippen LogP contribution < -0.4 is 9.47 Å². The molecule has 0 saturated carbocycles. The maximum atomic E-state index is 5.55. The number of halogens is 1. The van der Waals surface area contributed by atoms with Crippen molar-refractivity contribution in [1.29, 1.82) is 0 Å². The molecule has 0 N–H and O–H groups in total. The molecule has 1 aromatic carbocycles. The first-order valence-electron chi connectivity index (χ1n) is 3.38. The highest BCUT2D eigenvalue weighted by molar-refractivity contribution is 6.18. The Hall–Kier alpha value is -0.890. The first-order chi connectivity index (χ1) is 5.40. The average Bonchev–Trinajstić information content (AvgIpc) is 2.46. The number of fused-ring (bicyclic) bond motifs is 1. The fraction of sp³-hybridized carbons (Fsp3) is 0.250. The third-order valence-electron chi connectivity index (χ3n) is 1.49. The van der Waals surface area contributed by atoms with E-state index in [1.54, 1.807) is 0 Å². The van der Waals surface area contributed by atoms with Crippen molar-refractivity contribution in [1.82, 2.24) is 0 Å². The average molecular weight is 171 g/mol. The molecule has 2 rings (SSSR count). The predicted octanol–water partition coefficient (Wildman–Crippen LogP) is 2.02. The van der Waals surface area contributed by atoms with Crippen molar-refractivity contribution >= 4 is 11.6 Å². The molecule has 0 atom stereocenters. The summed E-state index contributed by atoms with van der Waals surface area (Å²) in [6.07, 6.45) is -0.311. The van der Waals surface area contributed by atoms with Crippen LogP contribution in [0, 0.1) is 0 Å². The summed E-state index contributed by atoms with van der Waals surface area (Å²) in [6.45, 7) is 0. The molecule has 0 spiro atoms. The van der Waals surface area contributed by atoms with Gasteiger partial charge in [-0.05, 0) is 12.1 Å². The Morgan fingerprint density at radius 2 is 1.73 bits per heavy atom. The monoisotopic (exact) mass is 170 g/mol. The molecule has 1 heterocycles. The summed E-state index contributed by atoms with van der Waals surface area (Å²) in [5.74, 6) is 1.91. The van der Waals surface area contributed by atoms with Gasteiger partial charge in [-0.1, -0.05) is 12.1 Å². The molecule has 1 aromatic rings. The van der Waals surface area contributed by atoms with Crippen LogP contribution in [0.2, 0.25) is 0 Å². The molecule has 0 unspecified atom stereocenters. The Labute approximate surface area is 69.7 Å². The smallest absolute Gasteiger partial charge is 0.254 e. The van der Waals surface area contributed by atoms with Crippen LogP contribution in [-0.4, -0.2) is 12.2 Å². The van der Waals surface area contributed by atoms with E-state index in [0.29, 0.717) is 5.88 Å². The summed E-state index contributed by atoms with van der Waals surface area (Å²) in [5, 5.41) is 0. The summed E-state index contributed by atoms with van der Waals surface area (Å²) >= 11 is 5.55. The van der Waals surface area contributed by atoms with Crippen LogP contribution in [0.25, 0.3) is 0 Å². The molecule has 3 heteroatoms. The van der Waals surface area contributed by atoms with Crippen LogP contribution in [0.1, 0.15) is 0 Å². The fourth-order valence-electron chi connectivity index (χ4n) is 1.02. The lowest BCUT2D eigenvalue weighted by Crippen LogP contribution is -2.19. The van der Waals surface area contributed by atoms with E-state index in [1.807, 2.05) is 24.3 Å². The molecule has 0 aromatic heterocycles. The van der Waals surface area contributed by atoms with Crippen molar-refractivity contribution in [2.75, 3.05) is 5.88 Å². The largest absolute Gasteiger partial charge is 0.450 e. The van der Waals surface area contributed by atoms with Gasteiger partial charge in [0, 0.05) is 0 Å². The summed E-state index contributed by atoms with van der Waals surface area (Å²) in [4.78, 5) is 0. The van der Waals surface area contributed by atoms with Gasteiger partial charge in [-0.25, -0.2) is 0 Å². The zero-order valence-electron chi connectivity index (χ0n) is 5.79. The van der Waals surface area contributed by atoms with E-state index < -0.39 is 0 Å². The van der Waals surface area contributed by atoms with Crippen molar-refractivity contribution in [3.05, 3.63) is 24.3 Å². The SMILES string of the molecule is ClCC1Oc2ccccc2O1. The van der Waals surface area contributed by atoms with Crippen molar-refractivity contribution in [2.24, 2.45) is 0 Å². The molecule has 0 fully saturated rings. The second-order valence-corrected chi connectivity index (χ2v) is 2.57. The van der Waals surface area contributed by atoms with Gasteiger partial charge in [0.15, 0.2) is 11.5 Å². The number of hydrogen-bond donors (Lipinski definition) is 0. The number of para-hydroxylation sites is 2. The quantitative estimate of drug-likeness (QED) is 0.601. The number of rotatable bonds is 1. The molecule has 1 aliphatic rings. The molecule has 0 aliphatic carbocycles. The summed E-state index contributed by atoms with van der Waals surface area (Å²) in [5.41, 5.74) is 0. The molecular formula is C8H7ClO2. The van der Waals surface area contributed by atoms with E-state index >= 15 is 0 Å². The van der Waals surface area contributed by atoms with Gasteiger partial charge in [0.2, 0.25) is 0 Å². The summed E-state index contributed by atoms with van der Waals surface area (Å²) in [7, 11) is 0. The summed E-state index contributed by atoms with van der Waals surface area (Å²) < 4.78 is 10.6. The Morgan fingerprint density at radius 3 is 2.18 bits per heavy atom. The molecule has 1 aliphatic heterocycles. The Kier molecular flexibility index (Phi) is 1.62. The standard InChI is InChI=1S/C8H7ClO2/c9-5-8-10-6-3-1-2-4-7(6)11-8/h1-4,8H,5H2. The van der Waals surface area contributed by atoms with Gasteiger partial charge in [-0.3, -0.25) is 0 Å². The van der Waals surface area contributed by atoms with Crippen LogP contribution in [0.15, 0.2) is 24.3 Å². The van der Waals surface area contributed by atoms with Gasteiger partial charge in [-0.15, -0.1) is 11.6 Å². The molecule has 0 saturated heterocycles. The minimum Gasteiger partial charge on any atom is -0.450 e. The lowest BCUT2D eigenvalue weighted by atomic mass is 10.3. The lowest BCUT2D eigenvalue weighted by Gasteiger charge is -2.03. The van der Waals surface area contributed by atoms with E-state index in [9.17, 15) is 0 Å². The normalized spacial score (nSPS) is 15.4. The third-order valence-corrected chi connectivity index (χ3v) is 1.74. The van der Waals surface area contributed by atoms with Crippen molar-refractivity contribution in [3.8, 4) is 11.5 Å². The maximum Gasteiger partial charge on any atom is 0.254 e. The second kappa shape index (κ2) is 2.62. The predicted molar refractivity (Wildman–Crippen MR) is 42.2 cm³/mol. The van der Waals surface area contributed by atoms with Crippen LogP contribution in [0.4, 0.5) is 0 Å². The van der Waals surface area contributed by atoms with Gasteiger partial charge < -0.3 is 9.47 Å². The Balaban J connectivity index is 2.27. The molecule has 11 heavy (non-hydrogen) atoms. The minimum absolute atomic E-state index is 0.311. The minimum atomic E-state index is -0.311. The van der Waals surface area contributed by atoms with Crippen LogP contribution in [-0.2, 0) is 0 Å². The molecule has 0 radical (unpaired) electrons. The highest BCUT2D eigenvalue weighted by Crippen LogP contribution is 2.33. The number of alkyl halides is 1. The van der Waals surface area contributed by atoms with E-state index in [0.717, 1.165) is 11.5 Å². The zero-order chi connectivity index (χ0) is 7.68. The van der Waals surface area contributed by atoms with Crippen LogP contribution in [0.3, 0.4) is 0 Å². The van der Waals surface area contributed by atoms with Crippen molar-refractivity contribution in [2.45, 2.75) is 6.29 Å². The topological polar surface area (TPSA) is 18.5 Å². The second-order valence-electron chi connectivity index (χ2n) is 2.27. The first-order valence-corrected chi connectivity index (χ1v) is 3.92. The molecule has 58 valence electrons. The number of hydrogen-bond acceptors (Lipinski definition) is 2. The van der Waals surface area contributed by atoms with E-state index in [-0.39, 0.29) is 6.29 Å². The highest BCUT2D eigenvalue weighted by Gasteiger charge is 2.21. The fourth-order valence-corrected chi connectivity index (χ4v) is 1.14. The molecule has 0 bridgehead atoms. The van der Waals surface area contributed by atoms with Gasteiger partial charge in [0.1, 0.15) is 0 Å². The molecule has 0 amide bonds.